The third-order valence-electron chi connectivity index (χ3n) is 3.39. The van der Waals surface area contributed by atoms with Crippen molar-refractivity contribution in [2.45, 2.75) is 0 Å². The summed E-state index contributed by atoms with van der Waals surface area (Å²) >= 11 is 6.22. The van der Waals surface area contributed by atoms with Crippen molar-refractivity contribution >= 4 is 40.3 Å². The van der Waals surface area contributed by atoms with Crippen LogP contribution in [0.1, 0.15) is 5.56 Å². The van der Waals surface area contributed by atoms with E-state index in [-0.39, 0.29) is 12.7 Å². The van der Waals surface area contributed by atoms with Gasteiger partial charge >= 0.3 is 0 Å². The fourth-order valence-corrected chi connectivity index (χ4v) is 3.33. The summed E-state index contributed by atoms with van der Waals surface area (Å²) in [6, 6.07) is 9.53. The first-order valence-electron chi connectivity index (χ1n) is 6.80. The van der Waals surface area contributed by atoms with Crippen molar-refractivity contribution in [3.05, 3.63) is 47.0 Å². The quantitative estimate of drug-likeness (QED) is 0.669. The van der Waals surface area contributed by atoms with Gasteiger partial charge in [-0.2, -0.15) is 0 Å². The fraction of sp³-hybridized carbons (Fsp3) is 0.0625. The van der Waals surface area contributed by atoms with Gasteiger partial charge in [0.2, 0.25) is 6.79 Å². The number of fused-ring (bicyclic) bond motifs is 1. The number of amides is 1. The molecule has 23 heavy (non-hydrogen) atoms. The van der Waals surface area contributed by atoms with E-state index < -0.39 is 0 Å². The molecule has 5 nitrogen and oxygen atoms in total. The van der Waals surface area contributed by atoms with Crippen LogP contribution < -0.4 is 14.8 Å². The number of ether oxygens (including phenoxy) is 2. The van der Waals surface area contributed by atoms with Crippen LogP contribution in [-0.4, -0.2) is 22.0 Å². The van der Waals surface area contributed by atoms with E-state index in [1.165, 1.54) is 11.8 Å². The van der Waals surface area contributed by atoms with Gasteiger partial charge in [-0.05, 0) is 35.9 Å². The Bertz CT molecular complexity index is 847. The second-order valence-corrected chi connectivity index (χ2v) is 6.62. The molecule has 0 unspecified atom stereocenters. The molecular weight excluding hydrogens is 332 g/mol. The van der Waals surface area contributed by atoms with Crippen molar-refractivity contribution in [3.8, 4) is 22.8 Å². The molecule has 1 N–H and O–H groups in total. The molecule has 0 radical (unpaired) electrons. The molecule has 0 bridgehead atoms. The van der Waals surface area contributed by atoms with Gasteiger partial charge in [-0.3, -0.25) is 9.78 Å². The van der Waals surface area contributed by atoms with E-state index in [0.717, 1.165) is 28.3 Å². The molecule has 0 saturated carbocycles. The Morgan fingerprint density at radius 3 is 2.83 bits per heavy atom. The number of thioether (sulfide) groups is 1. The molecule has 114 valence electrons. The molecule has 3 heterocycles. The average Bonchev–Trinajstić information content (AvgIpc) is 3.13. The highest BCUT2D eigenvalue weighted by atomic mass is 32.2. The number of hydrogen-bond donors (Lipinski definition) is 1. The number of pyridine rings is 1. The van der Waals surface area contributed by atoms with Crippen LogP contribution in [0.25, 0.3) is 17.3 Å². The van der Waals surface area contributed by atoms with Crippen LogP contribution >= 0.6 is 24.0 Å². The van der Waals surface area contributed by atoms with Crippen LogP contribution in [0.3, 0.4) is 0 Å². The van der Waals surface area contributed by atoms with Crippen LogP contribution in [-0.2, 0) is 4.79 Å². The average molecular weight is 342 g/mol. The van der Waals surface area contributed by atoms with E-state index in [2.05, 4.69) is 10.3 Å². The zero-order valence-electron chi connectivity index (χ0n) is 11.7. The van der Waals surface area contributed by atoms with Gasteiger partial charge in [-0.15, -0.1) is 0 Å². The Hall–Kier alpha value is -2.38. The van der Waals surface area contributed by atoms with Crippen molar-refractivity contribution in [2.75, 3.05) is 6.79 Å². The molecule has 1 aromatic carbocycles. The summed E-state index contributed by atoms with van der Waals surface area (Å²) in [6.07, 6.45) is 3.50. The Kier molecular flexibility index (Phi) is 3.51. The van der Waals surface area contributed by atoms with E-state index in [0.29, 0.717) is 9.23 Å². The summed E-state index contributed by atoms with van der Waals surface area (Å²) in [4.78, 5) is 16.7. The number of hydrogen-bond acceptors (Lipinski definition) is 6. The zero-order chi connectivity index (χ0) is 15.8. The van der Waals surface area contributed by atoms with Crippen LogP contribution in [0.2, 0.25) is 0 Å². The van der Waals surface area contributed by atoms with Gasteiger partial charge in [0.15, 0.2) is 11.5 Å². The minimum Gasteiger partial charge on any atom is -0.454 e. The number of carbonyl (C=O) groups is 1. The lowest BCUT2D eigenvalue weighted by atomic mass is 10.1. The molecule has 2 aliphatic heterocycles. The first-order valence-corrected chi connectivity index (χ1v) is 8.02. The van der Waals surface area contributed by atoms with Gasteiger partial charge in [0.05, 0.1) is 10.6 Å². The Labute approximate surface area is 141 Å². The molecule has 1 amide bonds. The van der Waals surface area contributed by atoms with Crippen LogP contribution in [0.4, 0.5) is 0 Å². The molecule has 4 rings (SSSR count). The first-order chi connectivity index (χ1) is 11.2. The molecule has 2 aliphatic rings. The summed E-state index contributed by atoms with van der Waals surface area (Å²) in [5.74, 6) is 1.30. The minimum absolute atomic E-state index is 0.167. The number of aromatic nitrogens is 1. The number of nitrogens with zero attached hydrogens (tertiary/aromatic N) is 1. The van der Waals surface area contributed by atoms with Gasteiger partial charge < -0.3 is 14.8 Å². The summed E-state index contributed by atoms with van der Waals surface area (Å²) in [5.41, 5.74) is 2.61. The predicted molar refractivity (Wildman–Crippen MR) is 92.1 cm³/mol. The van der Waals surface area contributed by atoms with Crippen molar-refractivity contribution < 1.29 is 14.3 Å². The number of nitrogens with one attached hydrogen (secondary N) is 1. The molecule has 1 saturated heterocycles. The van der Waals surface area contributed by atoms with Crippen molar-refractivity contribution in [3.63, 3.8) is 0 Å². The topological polar surface area (TPSA) is 60.5 Å². The van der Waals surface area contributed by atoms with E-state index >= 15 is 0 Å². The van der Waals surface area contributed by atoms with Gasteiger partial charge in [-0.25, -0.2) is 0 Å². The summed E-state index contributed by atoms with van der Waals surface area (Å²) in [6.45, 7) is 0.250. The summed E-state index contributed by atoms with van der Waals surface area (Å²) in [5, 5.41) is 2.59. The number of thiocarbonyl (C=S) groups is 1. The van der Waals surface area contributed by atoms with Crippen LogP contribution in [0.5, 0.6) is 11.5 Å². The Balaban J connectivity index is 1.60. The third kappa shape index (κ3) is 2.80. The maximum absolute atomic E-state index is 11.7. The first kappa shape index (κ1) is 14.2. The maximum atomic E-state index is 11.7. The predicted octanol–water partition coefficient (Wildman–Crippen LogP) is 2.97. The monoisotopic (exact) mass is 342 g/mol. The highest BCUT2D eigenvalue weighted by molar-refractivity contribution is 8.26. The fourth-order valence-electron chi connectivity index (χ4n) is 2.29. The minimum atomic E-state index is -0.167. The second kappa shape index (κ2) is 5.68. The van der Waals surface area contributed by atoms with E-state index in [1.807, 2.05) is 30.3 Å². The largest absolute Gasteiger partial charge is 0.454 e. The van der Waals surface area contributed by atoms with Gasteiger partial charge in [0, 0.05) is 11.8 Å². The smallest absolute Gasteiger partial charge is 0.263 e. The molecule has 1 aromatic heterocycles. The lowest BCUT2D eigenvalue weighted by Crippen LogP contribution is -2.17. The molecular formula is C16H10N2O3S2. The van der Waals surface area contributed by atoms with E-state index in [1.54, 1.807) is 12.3 Å². The van der Waals surface area contributed by atoms with Crippen LogP contribution in [0.15, 0.2) is 41.4 Å². The van der Waals surface area contributed by atoms with E-state index in [4.69, 9.17) is 21.7 Å². The third-order valence-corrected chi connectivity index (χ3v) is 4.56. The van der Waals surface area contributed by atoms with Crippen molar-refractivity contribution in [2.24, 2.45) is 0 Å². The van der Waals surface area contributed by atoms with Gasteiger partial charge in [0.1, 0.15) is 4.32 Å². The van der Waals surface area contributed by atoms with Gasteiger partial charge in [0.25, 0.3) is 5.91 Å². The SMILES string of the molecule is O=C1NC(=S)S/C1=C\c1ccc(-c2ccc3c(c2)OCO3)nc1. The van der Waals surface area contributed by atoms with Crippen molar-refractivity contribution in [1.29, 1.82) is 0 Å². The molecule has 2 aromatic rings. The van der Waals surface area contributed by atoms with Crippen molar-refractivity contribution in [1.82, 2.24) is 10.3 Å². The highest BCUT2D eigenvalue weighted by Crippen LogP contribution is 2.35. The second-order valence-electron chi connectivity index (χ2n) is 4.90. The number of rotatable bonds is 2. The number of benzene rings is 1. The number of carbonyl (C=O) groups excluding carboxylic acids is 1. The van der Waals surface area contributed by atoms with Crippen LogP contribution in [0, 0.1) is 0 Å². The van der Waals surface area contributed by atoms with E-state index in [9.17, 15) is 4.79 Å². The molecule has 0 spiro atoms. The molecule has 0 atom stereocenters. The maximum Gasteiger partial charge on any atom is 0.263 e. The standard InChI is InChI=1S/C16H10N2O3S2/c19-15-14(23-16(22)18-15)5-9-1-3-11(17-7-9)10-2-4-12-13(6-10)21-8-20-12/h1-7H,8H2,(H,18,19,22)/b14-5-. The summed E-state index contributed by atoms with van der Waals surface area (Å²) in [7, 11) is 0. The molecule has 0 aliphatic carbocycles. The molecule has 1 fully saturated rings. The Morgan fingerprint density at radius 2 is 2.09 bits per heavy atom. The normalized spacial score (nSPS) is 17.7. The zero-order valence-corrected chi connectivity index (χ0v) is 13.4. The highest BCUT2D eigenvalue weighted by Gasteiger charge is 2.22. The summed E-state index contributed by atoms with van der Waals surface area (Å²) < 4.78 is 11.2. The lowest BCUT2D eigenvalue weighted by molar-refractivity contribution is -0.115. The van der Waals surface area contributed by atoms with Gasteiger partial charge in [-0.1, -0.05) is 30.0 Å². The molecule has 7 heteroatoms. The lowest BCUT2D eigenvalue weighted by Gasteiger charge is -2.03. The Morgan fingerprint density at radius 1 is 1.22 bits per heavy atom.